The zero-order valence-electron chi connectivity index (χ0n) is 13.6. The minimum atomic E-state index is -4.21. The van der Waals surface area contributed by atoms with Crippen LogP contribution >= 0.6 is 0 Å². The zero-order valence-corrected chi connectivity index (χ0v) is 14.4. The van der Waals surface area contributed by atoms with Crippen LogP contribution in [0.2, 0.25) is 0 Å². The van der Waals surface area contributed by atoms with Crippen molar-refractivity contribution in [3.8, 4) is 0 Å². The number of nitrogens with two attached hydrogens (primary N) is 1. The number of amides is 1. The van der Waals surface area contributed by atoms with Crippen molar-refractivity contribution in [1.29, 1.82) is 0 Å². The molecule has 0 spiro atoms. The average Bonchev–Trinajstić information content (AvgIpc) is 2.52. The van der Waals surface area contributed by atoms with Gasteiger partial charge < -0.3 is 5.32 Å². The highest BCUT2D eigenvalue weighted by Crippen LogP contribution is 2.37. The quantitative estimate of drug-likeness (QED) is 0.825. The first-order valence-electron chi connectivity index (χ1n) is 8.03. The summed E-state index contributed by atoms with van der Waals surface area (Å²) >= 11 is 0. The Morgan fingerprint density at radius 1 is 1.20 bits per heavy atom. The van der Waals surface area contributed by atoms with E-state index in [1.807, 2.05) is 0 Å². The fourth-order valence-corrected chi connectivity index (χ4v) is 3.54. The van der Waals surface area contributed by atoms with Gasteiger partial charge in [0.05, 0.1) is 10.8 Å². The van der Waals surface area contributed by atoms with Gasteiger partial charge in [-0.1, -0.05) is 18.6 Å². The summed E-state index contributed by atoms with van der Waals surface area (Å²) in [4.78, 5) is 11.9. The molecule has 1 saturated carbocycles. The number of primary sulfonamides is 1. The van der Waals surface area contributed by atoms with Gasteiger partial charge in [-0.3, -0.25) is 4.79 Å². The largest absolute Gasteiger partial charge is 0.391 e. The summed E-state index contributed by atoms with van der Waals surface area (Å²) in [7, 11) is -3.76. The number of rotatable bonds is 5. The van der Waals surface area contributed by atoms with Gasteiger partial charge in [-0.25, -0.2) is 13.6 Å². The second-order valence-corrected chi connectivity index (χ2v) is 7.92. The number of benzene rings is 1. The Morgan fingerprint density at radius 2 is 1.84 bits per heavy atom. The fraction of sp³-hybridized carbons (Fsp3) is 0.562. The van der Waals surface area contributed by atoms with Gasteiger partial charge in [0, 0.05) is 12.5 Å². The van der Waals surface area contributed by atoms with E-state index in [9.17, 15) is 26.4 Å². The minimum absolute atomic E-state index is 0.0129. The van der Waals surface area contributed by atoms with Gasteiger partial charge in [-0.05, 0) is 43.4 Å². The van der Waals surface area contributed by atoms with Crippen LogP contribution in [0.4, 0.5) is 13.2 Å². The summed E-state index contributed by atoms with van der Waals surface area (Å²) in [5, 5.41) is 7.67. The second kappa shape index (κ2) is 7.74. The number of hydrogen-bond acceptors (Lipinski definition) is 3. The monoisotopic (exact) mass is 378 g/mol. The molecule has 0 bridgehead atoms. The summed E-state index contributed by atoms with van der Waals surface area (Å²) in [6.07, 6.45) is -2.67. The second-order valence-electron chi connectivity index (χ2n) is 6.36. The van der Waals surface area contributed by atoms with Crippen molar-refractivity contribution in [2.75, 3.05) is 0 Å². The Bertz CT molecular complexity index is 702. The van der Waals surface area contributed by atoms with Crippen LogP contribution in [0.5, 0.6) is 0 Å². The molecule has 2 rings (SSSR count). The summed E-state index contributed by atoms with van der Waals surface area (Å²) in [6.45, 7) is 0. The van der Waals surface area contributed by atoms with Crippen molar-refractivity contribution in [1.82, 2.24) is 5.32 Å². The van der Waals surface area contributed by atoms with Crippen LogP contribution in [0.25, 0.3) is 0 Å². The van der Waals surface area contributed by atoms with Crippen molar-refractivity contribution in [2.45, 2.75) is 55.6 Å². The van der Waals surface area contributed by atoms with Crippen molar-refractivity contribution >= 4 is 15.9 Å². The van der Waals surface area contributed by atoms with Gasteiger partial charge in [0.15, 0.2) is 0 Å². The smallest absolute Gasteiger partial charge is 0.353 e. The number of nitrogens with one attached hydrogen (secondary N) is 1. The molecule has 0 aliphatic heterocycles. The molecule has 0 aromatic heterocycles. The van der Waals surface area contributed by atoms with E-state index in [1.54, 1.807) is 12.1 Å². The molecule has 25 heavy (non-hydrogen) atoms. The molecular weight excluding hydrogens is 357 g/mol. The number of sulfonamides is 1. The highest BCUT2D eigenvalue weighted by molar-refractivity contribution is 7.89. The van der Waals surface area contributed by atoms with Gasteiger partial charge in [-0.2, -0.15) is 13.2 Å². The lowest BCUT2D eigenvalue weighted by Crippen LogP contribution is -2.41. The van der Waals surface area contributed by atoms with Gasteiger partial charge in [-0.15, -0.1) is 0 Å². The first-order chi connectivity index (χ1) is 11.6. The maximum atomic E-state index is 12.8. The van der Waals surface area contributed by atoms with Crippen molar-refractivity contribution in [3.63, 3.8) is 0 Å². The van der Waals surface area contributed by atoms with Crippen LogP contribution in [0.3, 0.4) is 0 Å². The van der Waals surface area contributed by atoms with E-state index >= 15 is 0 Å². The Morgan fingerprint density at radius 3 is 2.40 bits per heavy atom. The van der Waals surface area contributed by atoms with Gasteiger partial charge in [0.2, 0.25) is 15.9 Å². The summed E-state index contributed by atoms with van der Waals surface area (Å²) in [6, 6.07) is 5.40. The molecule has 1 amide bonds. The maximum absolute atomic E-state index is 12.8. The van der Waals surface area contributed by atoms with Gasteiger partial charge in [0.25, 0.3) is 0 Å². The van der Waals surface area contributed by atoms with E-state index in [2.05, 4.69) is 5.32 Å². The van der Waals surface area contributed by atoms with Crippen LogP contribution in [-0.2, 0) is 21.2 Å². The van der Waals surface area contributed by atoms with Crippen LogP contribution in [-0.4, -0.2) is 26.5 Å². The SMILES string of the molecule is NS(=O)(=O)c1ccc(CCC(=O)N[C@@H]2CCC[C@H](C(F)(F)F)C2)cc1. The van der Waals surface area contributed by atoms with Crippen molar-refractivity contribution < 1.29 is 26.4 Å². The zero-order chi connectivity index (χ0) is 18.7. The molecule has 0 heterocycles. The molecule has 1 fully saturated rings. The molecule has 2 atom stereocenters. The Kier molecular flexibility index (Phi) is 6.10. The summed E-state index contributed by atoms with van der Waals surface area (Å²) in [5.74, 6) is -1.65. The Balaban J connectivity index is 1.82. The molecule has 0 unspecified atom stereocenters. The lowest BCUT2D eigenvalue weighted by molar-refractivity contribution is -0.184. The van der Waals surface area contributed by atoms with Gasteiger partial charge in [0.1, 0.15) is 0 Å². The van der Waals surface area contributed by atoms with E-state index < -0.39 is 28.2 Å². The van der Waals surface area contributed by atoms with E-state index in [0.29, 0.717) is 19.3 Å². The number of aryl methyl sites for hydroxylation is 1. The first-order valence-corrected chi connectivity index (χ1v) is 9.58. The molecule has 1 aromatic rings. The minimum Gasteiger partial charge on any atom is -0.353 e. The molecule has 0 radical (unpaired) electrons. The molecule has 9 heteroatoms. The topological polar surface area (TPSA) is 89.3 Å². The predicted molar refractivity (Wildman–Crippen MR) is 86.1 cm³/mol. The Labute approximate surface area is 144 Å². The van der Waals surface area contributed by atoms with E-state index in [0.717, 1.165) is 5.56 Å². The third kappa shape index (κ3) is 6.00. The number of halogens is 3. The van der Waals surface area contributed by atoms with E-state index in [1.165, 1.54) is 12.1 Å². The molecule has 3 N–H and O–H groups in total. The predicted octanol–water partition coefficient (Wildman–Crippen LogP) is 2.50. The standard InChI is InChI=1S/C16H21F3N2O3S/c17-16(18,19)12-2-1-3-13(10-12)21-15(22)9-6-11-4-7-14(8-5-11)25(20,23)24/h4-5,7-8,12-13H,1-3,6,9-10H2,(H,21,22)(H2,20,23,24)/t12-,13+/m0/s1. The van der Waals surface area contributed by atoms with E-state index in [4.69, 9.17) is 5.14 Å². The third-order valence-electron chi connectivity index (χ3n) is 4.39. The highest BCUT2D eigenvalue weighted by Gasteiger charge is 2.42. The first kappa shape index (κ1) is 19.7. The Hall–Kier alpha value is -1.61. The van der Waals surface area contributed by atoms with Crippen LogP contribution in [0.15, 0.2) is 29.2 Å². The number of carbonyl (C=O) groups excluding carboxylic acids is 1. The lowest BCUT2D eigenvalue weighted by atomic mass is 9.85. The number of carbonyl (C=O) groups is 1. The average molecular weight is 378 g/mol. The van der Waals surface area contributed by atoms with E-state index in [-0.39, 0.29) is 30.1 Å². The molecule has 1 aromatic carbocycles. The number of alkyl halides is 3. The number of hydrogen-bond donors (Lipinski definition) is 2. The summed E-state index contributed by atoms with van der Waals surface area (Å²) < 4.78 is 60.6. The molecular formula is C16H21F3N2O3S. The third-order valence-corrected chi connectivity index (χ3v) is 5.32. The maximum Gasteiger partial charge on any atom is 0.391 e. The molecule has 1 aliphatic rings. The summed E-state index contributed by atoms with van der Waals surface area (Å²) in [5.41, 5.74) is 0.749. The molecule has 1 aliphatic carbocycles. The van der Waals surface area contributed by atoms with Crippen LogP contribution < -0.4 is 10.5 Å². The van der Waals surface area contributed by atoms with Crippen molar-refractivity contribution in [2.24, 2.45) is 11.1 Å². The van der Waals surface area contributed by atoms with Crippen molar-refractivity contribution in [3.05, 3.63) is 29.8 Å². The molecule has 5 nitrogen and oxygen atoms in total. The van der Waals surface area contributed by atoms with Gasteiger partial charge >= 0.3 is 6.18 Å². The fourth-order valence-electron chi connectivity index (χ4n) is 3.02. The highest BCUT2D eigenvalue weighted by atomic mass is 32.2. The molecule has 0 saturated heterocycles. The normalized spacial score (nSPS) is 21.8. The molecule has 140 valence electrons. The van der Waals surface area contributed by atoms with Crippen LogP contribution in [0, 0.1) is 5.92 Å². The van der Waals surface area contributed by atoms with Crippen LogP contribution in [0.1, 0.15) is 37.7 Å². The lowest BCUT2D eigenvalue weighted by Gasteiger charge is -2.31.